The minimum absolute atomic E-state index is 0.0403. The first kappa shape index (κ1) is 17.5. The lowest BCUT2D eigenvalue weighted by Gasteiger charge is -2.25. The van der Waals surface area contributed by atoms with E-state index in [0.717, 1.165) is 32.1 Å². The lowest BCUT2D eigenvalue weighted by Crippen LogP contribution is -2.50. The summed E-state index contributed by atoms with van der Waals surface area (Å²) in [6.45, 7) is 4.22. The Labute approximate surface area is 139 Å². The Kier molecular flexibility index (Phi) is 6.63. The average Bonchev–Trinajstić information content (AvgIpc) is 3.08. The topological polar surface area (TPSA) is 58.2 Å². The van der Waals surface area contributed by atoms with Crippen LogP contribution in [0.5, 0.6) is 0 Å². The highest BCUT2D eigenvalue weighted by Crippen LogP contribution is 2.28. The third-order valence-corrected chi connectivity index (χ3v) is 4.80. The predicted molar refractivity (Wildman–Crippen MR) is 92.0 cm³/mol. The molecule has 1 saturated carbocycles. The molecule has 0 aromatic heterocycles. The van der Waals surface area contributed by atoms with E-state index in [9.17, 15) is 9.59 Å². The first-order valence-corrected chi connectivity index (χ1v) is 8.71. The lowest BCUT2D eigenvalue weighted by molar-refractivity contribution is -0.129. The number of hydrogen-bond donors (Lipinski definition) is 2. The number of hydrogen-bond acceptors (Lipinski definition) is 2. The van der Waals surface area contributed by atoms with Crippen molar-refractivity contribution in [3.05, 3.63) is 35.9 Å². The monoisotopic (exact) mass is 316 g/mol. The van der Waals surface area contributed by atoms with Gasteiger partial charge in [0.25, 0.3) is 0 Å². The maximum absolute atomic E-state index is 12.6. The number of carbonyl (C=O) groups is 2. The van der Waals surface area contributed by atoms with Crippen molar-refractivity contribution in [2.75, 3.05) is 6.54 Å². The summed E-state index contributed by atoms with van der Waals surface area (Å²) in [5.41, 5.74) is 1.24. The van der Waals surface area contributed by atoms with Crippen LogP contribution in [0.2, 0.25) is 0 Å². The molecule has 2 atom stereocenters. The quantitative estimate of drug-likeness (QED) is 0.812. The van der Waals surface area contributed by atoms with Crippen LogP contribution in [0.3, 0.4) is 0 Å². The zero-order valence-corrected chi connectivity index (χ0v) is 14.2. The molecular weight excluding hydrogens is 288 g/mol. The predicted octanol–water partition coefficient (Wildman–Crippen LogP) is 2.99. The van der Waals surface area contributed by atoms with Crippen LogP contribution in [0.15, 0.2) is 30.3 Å². The Hall–Kier alpha value is -1.84. The van der Waals surface area contributed by atoms with Crippen molar-refractivity contribution in [2.24, 2.45) is 5.92 Å². The van der Waals surface area contributed by atoms with E-state index in [1.54, 1.807) is 0 Å². The van der Waals surface area contributed by atoms with E-state index >= 15 is 0 Å². The normalized spacial score (nSPS) is 17.5. The van der Waals surface area contributed by atoms with Crippen molar-refractivity contribution in [1.29, 1.82) is 0 Å². The zero-order chi connectivity index (χ0) is 16.7. The molecule has 0 radical (unpaired) electrons. The SMILES string of the molecule is CCC(CNC(=O)C(NC(C)=O)C1CCCC1)c1ccccc1. The fourth-order valence-electron chi connectivity index (χ4n) is 3.46. The van der Waals surface area contributed by atoms with E-state index in [4.69, 9.17) is 0 Å². The van der Waals surface area contributed by atoms with Gasteiger partial charge in [0.1, 0.15) is 6.04 Å². The standard InChI is InChI=1S/C19H28N2O2/c1-3-15(16-9-5-4-6-10-16)13-20-19(23)18(21-14(2)22)17-11-7-8-12-17/h4-6,9-10,15,17-18H,3,7-8,11-13H2,1-2H3,(H,20,23)(H,21,22). The van der Waals surface area contributed by atoms with E-state index in [0.29, 0.717) is 12.5 Å². The minimum atomic E-state index is -0.386. The van der Waals surface area contributed by atoms with Gasteiger partial charge in [0.15, 0.2) is 0 Å². The fourth-order valence-corrected chi connectivity index (χ4v) is 3.46. The molecule has 126 valence electrons. The molecule has 2 rings (SSSR count). The molecule has 4 nitrogen and oxygen atoms in total. The second-order valence-corrected chi connectivity index (χ2v) is 6.48. The molecule has 2 unspecified atom stereocenters. The average molecular weight is 316 g/mol. The van der Waals surface area contributed by atoms with Gasteiger partial charge in [-0.15, -0.1) is 0 Å². The highest BCUT2D eigenvalue weighted by Gasteiger charge is 2.31. The Morgan fingerprint density at radius 2 is 1.83 bits per heavy atom. The van der Waals surface area contributed by atoms with E-state index < -0.39 is 0 Å². The van der Waals surface area contributed by atoms with Gasteiger partial charge in [0, 0.05) is 19.4 Å². The number of carbonyl (C=O) groups excluding carboxylic acids is 2. The number of rotatable bonds is 7. The molecule has 23 heavy (non-hydrogen) atoms. The molecule has 0 spiro atoms. The third-order valence-electron chi connectivity index (χ3n) is 4.80. The van der Waals surface area contributed by atoms with Crippen molar-refractivity contribution in [3.63, 3.8) is 0 Å². The molecule has 0 heterocycles. The summed E-state index contributed by atoms with van der Waals surface area (Å²) in [5, 5.41) is 5.91. The molecule has 0 saturated heterocycles. The molecule has 4 heteroatoms. The minimum Gasteiger partial charge on any atom is -0.354 e. The molecule has 1 fully saturated rings. The molecule has 1 aliphatic carbocycles. The summed E-state index contributed by atoms with van der Waals surface area (Å²) in [6, 6.07) is 9.87. The maximum Gasteiger partial charge on any atom is 0.242 e. The van der Waals surface area contributed by atoms with Gasteiger partial charge in [0.05, 0.1) is 0 Å². The van der Waals surface area contributed by atoms with Crippen molar-refractivity contribution in [3.8, 4) is 0 Å². The van der Waals surface area contributed by atoms with E-state index in [2.05, 4.69) is 29.7 Å². The Morgan fingerprint density at radius 3 is 2.39 bits per heavy atom. The number of amides is 2. The summed E-state index contributed by atoms with van der Waals surface area (Å²) >= 11 is 0. The molecule has 0 aliphatic heterocycles. The van der Waals surface area contributed by atoms with Gasteiger partial charge in [-0.1, -0.05) is 50.1 Å². The van der Waals surface area contributed by atoms with Gasteiger partial charge < -0.3 is 10.6 Å². The van der Waals surface area contributed by atoms with Crippen LogP contribution < -0.4 is 10.6 Å². The largest absolute Gasteiger partial charge is 0.354 e. The molecule has 1 aromatic carbocycles. The van der Waals surface area contributed by atoms with Crippen LogP contribution in [0.25, 0.3) is 0 Å². The van der Waals surface area contributed by atoms with Crippen LogP contribution >= 0.6 is 0 Å². The van der Waals surface area contributed by atoms with Crippen LogP contribution in [0.4, 0.5) is 0 Å². The second kappa shape index (κ2) is 8.70. The molecule has 2 N–H and O–H groups in total. The highest BCUT2D eigenvalue weighted by molar-refractivity contribution is 5.87. The maximum atomic E-state index is 12.6. The molecular formula is C19H28N2O2. The van der Waals surface area contributed by atoms with Gasteiger partial charge in [-0.2, -0.15) is 0 Å². The molecule has 1 aliphatic rings. The number of nitrogens with one attached hydrogen (secondary N) is 2. The van der Waals surface area contributed by atoms with Crippen molar-refractivity contribution < 1.29 is 9.59 Å². The van der Waals surface area contributed by atoms with Gasteiger partial charge in [-0.25, -0.2) is 0 Å². The van der Waals surface area contributed by atoms with Crippen molar-refractivity contribution >= 4 is 11.8 Å². The fraction of sp³-hybridized carbons (Fsp3) is 0.579. The zero-order valence-electron chi connectivity index (χ0n) is 14.2. The van der Waals surface area contributed by atoms with Crippen LogP contribution in [0.1, 0.15) is 57.4 Å². The summed E-state index contributed by atoms with van der Waals surface area (Å²) in [5.74, 6) is 0.408. The molecule has 2 amide bonds. The third kappa shape index (κ3) is 5.08. The number of benzene rings is 1. The Bertz CT molecular complexity index is 509. The van der Waals surface area contributed by atoms with E-state index in [-0.39, 0.29) is 23.8 Å². The highest BCUT2D eigenvalue weighted by atomic mass is 16.2. The van der Waals surface area contributed by atoms with Gasteiger partial charge in [0.2, 0.25) is 11.8 Å². The Morgan fingerprint density at radius 1 is 1.17 bits per heavy atom. The first-order valence-electron chi connectivity index (χ1n) is 8.71. The Balaban J connectivity index is 1.95. The lowest BCUT2D eigenvalue weighted by atomic mass is 9.95. The smallest absolute Gasteiger partial charge is 0.242 e. The van der Waals surface area contributed by atoms with Gasteiger partial charge in [-0.05, 0) is 30.7 Å². The summed E-state index contributed by atoms with van der Waals surface area (Å²) < 4.78 is 0. The summed E-state index contributed by atoms with van der Waals surface area (Å²) in [6.07, 6.45) is 5.31. The van der Waals surface area contributed by atoms with Crippen LogP contribution in [-0.4, -0.2) is 24.4 Å². The summed E-state index contributed by atoms with van der Waals surface area (Å²) in [4.78, 5) is 24.0. The summed E-state index contributed by atoms with van der Waals surface area (Å²) in [7, 11) is 0. The van der Waals surface area contributed by atoms with Crippen molar-refractivity contribution in [1.82, 2.24) is 10.6 Å². The second-order valence-electron chi connectivity index (χ2n) is 6.48. The van der Waals surface area contributed by atoms with Crippen molar-refractivity contribution in [2.45, 2.75) is 57.9 Å². The van der Waals surface area contributed by atoms with E-state index in [1.807, 2.05) is 18.2 Å². The first-order chi connectivity index (χ1) is 11.1. The van der Waals surface area contributed by atoms with Crippen LogP contribution in [0, 0.1) is 5.92 Å². The molecule has 0 bridgehead atoms. The molecule has 1 aromatic rings. The van der Waals surface area contributed by atoms with Gasteiger partial charge >= 0.3 is 0 Å². The van der Waals surface area contributed by atoms with Crippen LogP contribution in [-0.2, 0) is 9.59 Å². The van der Waals surface area contributed by atoms with Gasteiger partial charge in [-0.3, -0.25) is 9.59 Å². The van der Waals surface area contributed by atoms with E-state index in [1.165, 1.54) is 12.5 Å².